The maximum absolute atomic E-state index is 14.0. The molecule has 3 rings (SSSR count). The number of primary amides is 1. The number of carbonyl (C=O) groups excluding carboxylic acids is 7. The number of phenols is 1. The van der Waals surface area contributed by atoms with Crippen LogP contribution in [0, 0.1) is 11.8 Å². The number of carbonyl (C=O) groups is 7. The van der Waals surface area contributed by atoms with Gasteiger partial charge in [-0.05, 0) is 54.0 Å². The molecule has 0 fully saturated rings. The summed E-state index contributed by atoms with van der Waals surface area (Å²) in [6, 6.07) is 17.3. The van der Waals surface area contributed by atoms with Gasteiger partial charge >= 0.3 is 0 Å². The molecule has 15 heteroatoms. The predicted molar refractivity (Wildman–Crippen MR) is 219 cm³/mol. The average Bonchev–Trinajstić information content (AvgIpc) is 3.16. The zero-order valence-electron chi connectivity index (χ0n) is 33.9. The van der Waals surface area contributed by atoms with E-state index in [9.17, 15) is 38.7 Å². The lowest BCUT2D eigenvalue weighted by Gasteiger charge is -2.27. The molecule has 0 saturated heterocycles. The number of hydrogen-bond donors (Lipinski definition) is 8. The normalized spacial score (nSPS) is 14.1. The van der Waals surface area contributed by atoms with Crippen LogP contribution >= 0.6 is 0 Å². The highest BCUT2D eigenvalue weighted by Crippen LogP contribution is 2.13. The Hall–Kier alpha value is -6.25. The molecule has 0 saturated carbocycles. The molecule has 0 aliphatic rings. The van der Waals surface area contributed by atoms with Crippen molar-refractivity contribution in [3.8, 4) is 5.75 Å². The number of rotatable bonds is 21. The van der Waals surface area contributed by atoms with Crippen LogP contribution in [0.3, 0.4) is 0 Å². The summed E-state index contributed by atoms with van der Waals surface area (Å²) in [5.41, 5.74) is 7.72. The Morgan fingerprint density at radius 2 is 0.931 bits per heavy atom. The van der Waals surface area contributed by atoms with E-state index in [1.165, 1.54) is 26.0 Å². The van der Waals surface area contributed by atoms with E-state index >= 15 is 0 Å². The Bertz CT molecular complexity index is 1860. The van der Waals surface area contributed by atoms with Crippen molar-refractivity contribution in [1.29, 1.82) is 0 Å². The van der Waals surface area contributed by atoms with Crippen LogP contribution < -0.4 is 37.6 Å². The Balaban J connectivity index is 1.81. The van der Waals surface area contributed by atoms with Gasteiger partial charge in [-0.25, -0.2) is 0 Å². The monoisotopic (exact) mass is 799 g/mol. The third-order valence-electron chi connectivity index (χ3n) is 9.27. The summed E-state index contributed by atoms with van der Waals surface area (Å²) in [6.07, 6.45) is 0.353. The summed E-state index contributed by atoms with van der Waals surface area (Å²) in [4.78, 5) is 92.7. The molecule has 15 nitrogen and oxygen atoms in total. The van der Waals surface area contributed by atoms with Crippen LogP contribution in [0.1, 0.15) is 64.7 Å². The van der Waals surface area contributed by atoms with Gasteiger partial charge in [-0.3, -0.25) is 33.6 Å². The Morgan fingerprint density at radius 3 is 1.40 bits per heavy atom. The number of hydrogen-bond acceptors (Lipinski definition) is 8. The molecule has 0 aromatic heterocycles. The lowest BCUT2D eigenvalue weighted by molar-refractivity contribution is -0.135. The summed E-state index contributed by atoms with van der Waals surface area (Å²) >= 11 is 0. The van der Waals surface area contributed by atoms with Crippen LogP contribution in [0.4, 0.5) is 0 Å². The highest BCUT2D eigenvalue weighted by Gasteiger charge is 2.33. The topological polar surface area (TPSA) is 238 Å². The van der Waals surface area contributed by atoms with Crippen LogP contribution in [-0.2, 0) is 52.8 Å². The van der Waals surface area contributed by atoms with Crippen LogP contribution in [-0.4, -0.2) is 82.7 Å². The van der Waals surface area contributed by atoms with E-state index in [1.54, 1.807) is 80.6 Å². The third kappa shape index (κ3) is 15.4. The van der Waals surface area contributed by atoms with E-state index in [0.29, 0.717) is 11.1 Å². The zero-order chi connectivity index (χ0) is 42.9. The summed E-state index contributed by atoms with van der Waals surface area (Å²) in [7, 11) is 0. The van der Waals surface area contributed by atoms with E-state index in [0.717, 1.165) is 5.56 Å². The lowest BCUT2D eigenvalue weighted by atomic mass is 9.99. The first-order valence-corrected chi connectivity index (χ1v) is 19.4. The number of aromatic hydroxyl groups is 1. The quantitative estimate of drug-likeness (QED) is 0.0785. The van der Waals surface area contributed by atoms with Crippen molar-refractivity contribution in [2.24, 2.45) is 17.6 Å². The minimum Gasteiger partial charge on any atom is -0.508 e. The SMILES string of the molecule is CC(=O)N[C@H](C(=O)N[C@@H](Cc1ccccc1)C(=O)N[C@@H](C)C(=O)N[C@@H](Cc1ccccc1)C(=O)N[C@@H](CC(C)C)C(=O)N[C@@H](Cc1ccc(O)cc1)C(N)=O)C(C)C. The second-order valence-corrected chi connectivity index (χ2v) is 15.2. The van der Waals surface area contributed by atoms with Crippen LogP contribution in [0.5, 0.6) is 5.75 Å². The second-order valence-electron chi connectivity index (χ2n) is 15.2. The largest absolute Gasteiger partial charge is 0.508 e. The van der Waals surface area contributed by atoms with Crippen LogP contribution in [0.2, 0.25) is 0 Å². The maximum atomic E-state index is 14.0. The molecule has 58 heavy (non-hydrogen) atoms. The van der Waals surface area contributed by atoms with Gasteiger partial charge in [0.05, 0.1) is 0 Å². The minimum absolute atomic E-state index is 0.0340. The lowest BCUT2D eigenvalue weighted by Crippen LogP contribution is -2.60. The van der Waals surface area contributed by atoms with Gasteiger partial charge in [0, 0.05) is 26.2 Å². The van der Waals surface area contributed by atoms with Gasteiger partial charge in [0.25, 0.3) is 0 Å². The molecule has 0 aliphatic carbocycles. The first kappa shape index (κ1) is 46.1. The molecule has 312 valence electrons. The fraction of sp³-hybridized carbons (Fsp3) is 0.419. The third-order valence-corrected chi connectivity index (χ3v) is 9.27. The van der Waals surface area contributed by atoms with Gasteiger partial charge in [-0.2, -0.15) is 0 Å². The van der Waals surface area contributed by atoms with Gasteiger partial charge < -0.3 is 42.7 Å². The molecule has 0 unspecified atom stereocenters. The predicted octanol–water partition coefficient (Wildman–Crippen LogP) is 1.56. The number of nitrogens with one attached hydrogen (secondary N) is 6. The van der Waals surface area contributed by atoms with E-state index < -0.39 is 77.6 Å². The number of nitrogens with two attached hydrogens (primary N) is 1. The molecule has 0 spiro atoms. The van der Waals surface area contributed by atoms with Crippen molar-refractivity contribution in [2.45, 2.75) is 103 Å². The first-order chi connectivity index (χ1) is 27.4. The van der Waals surface area contributed by atoms with Gasteiger partial charge in [-0.15, -0.1) is 0 Å². The van der Waals surface area contributed by atoms with Gasteiger partial charge in [0.1, 0.15) is 42.0 Å². The summed E-state index contributed by atoms with van der Waals surface area (Å²) < 4.78 is 0. The van der Waals surface area contributed by atoms with Gasteiger partial charge in [0.15, 0.2) is 0 Å². The van der Waals surface area contributed by atoms with Crippen molar-refractivity contribution >= 4 is 41.4 Å². The van der Waals surface area contributed by atoms with Gasteiger partial charge in [0.2, 0.25) is 41.4 Å². The molecule has 0 heterocycles. The summed E-state index contributed by atoms with van der Waals surface area (Å²) in [5, 5.41) is 25.8. The molecule has 9 N–H and O–H groups in total. The molecule has 0 bridgehead atoms. The van der Waals surface area contributed by atoms with Crippen LogP contribution in [0.25, 0.3) is 0 Å². The average molecular weight is 800 g/mol. The van der Waals surface area contributed by atoms with Gasteiger partial charge in [-0.1, -0.05) is 100 Å². The molecule has 3 aromatic carbocycles. The molecule has 0 aliphatic heterocycles. The first-order valence-electron chi connectivity index (χ1n) is 19.4. The minimum atomic E-state index is -1.20. The fourth-order valence-electron chi connectivity index (χ4n) is 6.15. The molecule has 0 radical (unpaired) electrons. The van der Waals surface area contributed by atoms with Crippen molar-refractivity contribution in [3.05, 3.63) is 102 Å². The summed E-state index contributed by atoms with van der Waals surface area (Å²) in [6.45, 7) is 9.97. The highest BCUT2D eigenvalue weighted by molar-refractivity contribution is 5.97. The number of amides is 7. The van der Waals surface area contributed by atoms with Crippen LogP contribution in [0.15, 0.2) is 84.9 Å². The molecule has 6 atom stereocenters. The smallest absolute Gasteiger partial charge is 0.243 e. The molecule has 7 amide bonds. The van der Waals surface area contributed by atoms with Crippen molar-refractivity contribution in [2.75, 3.05) is 0 Å². The Labute approximate surface area is 339 Å². The van der Waals surface area contributed by atoms with E-state index in [4.69, 9.17) is 5.73 Å². The van der Waals surface area contributed by atoms with Crippen molar-refractivity contribution in [1.82, 2.24) is 31.9 Å². The van der Waals surface area contributed by atoms with Crippen molar-refractivity contribution in [3.63, 3.8) is 0 Å². The second kappa shape index (κ2) is 22.5. The fourth-order valence-corrected chi connectivity index (χ4v) is 6.15. The zero-order valence-corrected chi connectivity index (χ0v) is 33.9. The molecular weight excluding hydrogens is 743 g/mol. The summed E-state index contributed by atoms with van der Waals surface area (Å²) in [5.74, 6) is -4.81. The van der Waals surface area contributed by atoms with E-state index in [-0.39, 0.29) is 43.3 Å². The number of phenolic OH excluding ortho intramolecular Hbond substituents is 1. The molecule has 3 aromatic rings. The van der Waals surface area contributed by atoms with E-state index in [2.05, 4.69) is 31.9 Å². The molecular formula is C43H57N7O8. The van der Waals surface area contributed by atoms with Crippen molar-refractivity contribution < 1.29 is 38.7 Å². The Morgan fingerprint density at radius 1 is 0.517 bits per heavy atom. The number of benzene rings is 3. The Kier molecular flexibility index (Phi) is 17.9. The standard InChI is InChI=1S/C43H57N7O8/c1-25(2)21-34(41(56)47-33(38(44)53)22-31-17-19-32(52)20-18-31)49-42(57)36(24-30-15-11-8-12-16-30)48-39(54)27(5)45-40(55)35(23-29-13-9-7-10-14-29)50-43(58)37(26(3)4)46-28(6)51/h7-20,25-27,33-37,52H,21-24H2,1-6H3,(H2,44,53)(H,45,55)(H,46,51)(H,47,56)(H,48,54)(H,49,57)(H,50,58)/t27-,33-,34-,35-,36-,37-/m0/s1. The maximum Gasteiger partial charge on any atom is 0.243 e. The van der Waals surface area contributed by atoms with E-state index in [1.807, 2.05) is 19.9 Å². The highest BCUT2D eigenvalue weighted by atomic mass is 16.3.